The van der Waals surface area contributed by atoms with Gasteiger partial charge in [-0.15, -0.1) is 0 Å². The van der Waals surface area contributed by atoms with Crippen molar-refractivity contribution in [2.75, 3.05) is 0 Å². The van der Waals surface area contributed by atoms with Crippen molar-refractivity contribution in [3.8, 4) is 0 Å². The highest BCUT2D eigenvalue weighted by atomic mass is 35.5. The first kappa shape index (κ1) is 12.8. The Labute approximate surface area is 99.9 Å². The fourth-order valence-electron chi connectivity index (χ4n) is 1.58. The van der Waals surface area contributed by atoms with Gasteiger partial charge in [-0.05, 0) is 24.5 Å². The molecule has 1 rings (SSSR count). The summed E-state index contributed by atoms with van der Waals surface area (Å²) in [6, 6.07) is 0. The molecule has 0 unspecified atom stereocenters. The first-order valence-corrected chi connectivity index (χ1v) is 5.44. The van der Waals surface area contributed by atoms with Crippen LogP contribution in [-0.4, -0.2) is 17.4 Å². The Morgan fingerprint density at radius 1 is 1.44 bits per heavy atom. The first-order chi connectivity index (χ1) is 7.34. The van der Waals surface area contributed by atoms with Gasteiger partial charge >= 0.3 is 0 Å². The molecule has 0 atom stereocenters. The molecule has 0 bridgehead atoms. The number of hydrogen-bond donors (Lipinski definition) is 0. The number of ketones is 1. The molecule has 1 aliphatic carbocycles. The molecule has 0 aromatic heterocycles. The first-order valence-electron chi connectivity index (χ1n) is 5.07. The molecule has 0 aromatic carbocycles. The zero-order valence-electron chi connectivity index (χ0n) is 9.80. The van der Waals surface area contributed by atoms with Crippen molar-refractivity contribution in [1.29, 1.82) is 0 Å². The molecule has 0 saturated heterocycles. The van der Waals surface area contributed by atoms with Gasteiger partial charge < -0.3 is 0 Å². The summed E-state index contributed by atoms with van der Waals surface area (Å²) in [4.78, 5) is 26.5. The second kappa shape index (κ2) is 4.74. The van der Waals surface area contributed by atoms with E-state index in [0.29, 0.717) is 21.9 Å². The van der Waals surface area contributed by atoms with E-state index in [4.69, 9.17) is 11.6 Å². The maximum atomic E-state index is 11.7. The zero-order chi connectivity index (χ0) is 12.5. The molecule has 1 aliphatic rings. The second-order valence-electron chi connectivity index (χ2n) is 4.05. The normalized spacial score (nSPS) is 19.5. The topological polar surface area (TPSA) is 46.5 Å². The van der Waals surface area contributed by atoms with Gasteiger partial charge in [-0.25, -0.2) is 4.99 Å². The summed E-state index contributed by atoms with van der Waals surface area (Å²) in [6.45, 7) is 6.85. The Balaban J connectivity index is 3.35. The number of aliphatic imine (C=N–C) groups is 1. The average molecular weight is 240 g/mol. The van der Waals surface area contributed by atoms with Gasteiger partial charge in [0.25, 0.3) is 0 Å². The average Bonchev–Trinajstić information content (AvgIpc) is 2.10. The molecule has 0 aromatic rings. The third-order valence-corrected chi connectivity index (χ3v) is 2.66. The monoisotopic (exact) mass is 239 g/mol. The number of hydrogen-bond acceptors (Lipinski definition) is 2. The van der Waals surface area contributed by atoms with Crippen LogP contribution in [0.3, 0.4) is 0 Å². The molecular formula is C12H14ClNO2. The minimum atomic E-state index is -0.321. The highest BCUT2D eigenvalue weighted by Gasteiger charge is 2.25. The van der Waals surface area contributed by atoms with Crippen molar-refractivity contribution in [3.05, 3.63) is 22.3 Å². The van der Waals surface area contributed by atoms with Gasteiger partial charge in [-0.1, -0.05) is 25.4 Å². The summed E-state index contributed by atoms with van der Waals surface area (Å²) < 4.78 is 0. The molecule has 0 fully saturated rings. The van der Waals surface area contributed by atoms with E-state index in [0.717, 1.165) is 0 Å². The van der Waals surface area contributed by atoms with Crippen LogP contribution in [0.2, 0.25) is 0 Å². The van der Waals surface area contributed by atoms with E-state index in [9.17, 15) is 9.59 Å². The van der Waals surface area contributed by atoms with E-state index >= 15 is 0 Å². The van der Waals surface area contributed by atoms with Crippen LogP contribution < -0.4 is 0 Å². The Bertz CT molecular complexity index is 442. The van der Waals surface area contributed by atoms with E-state index in [2.05, 4.69) is 4.99 Å². The molecule has 0 N–H and O–H groups in total. The van der Waals surface area contributed by atoms with E-state index in [1.165, 1.54) is 13.0 Å². The predicted octanol–water partition coefficient (Wildman–Crippen LogP) is 2.65. The van der Waals surface area contributed by atoms with Crippen LogP contribution in [0.4, 0.5) is 0 Å². The summed E-state index contributed by atoms with van der Waals surface area (Å²) in [5.74, 6) is -0.403. The fourth-order valence-corrected chi connectivity index (χ4v) is 2.09. The zero-order valence-corrected chi connectivity index (χ0v) is 10.6. The fraction of sp³-hybridized carbons (Fsp3) is 0.417. The quantitative estimate of drug-likeness (QED) is 0.661. The molecule has 1 amide bonds. The lowest BCUT2D eigenvalue weighted by atomic mass is 9.90. The third-order valence-electron chi connectivity index (χ3n) is 2.28. The molecule has 0 spiro atoms. The van der Waals surface area contributed by atoms with Crippen molar-refractivity contribution < 1.29 is 9.59 Å². The minimum absolute atomic E-state index is 0.0153. The maximum Gasteiger partial charge on any atom is 0.243 e. The maximum absolute atomic E-state index is 11.7. The summed E-state index contributed by atoms with van der Waals surface area (Å²) in [5, 5.41) is 0.301. The number of rotatable bonds is 1. The number of allylic oxidation sites excluding steroid dienone is 4. The van der Waals surface area contributed by atoms with Gasteiger partial charge in [0.2, 0.25) is 5.91 Å². The van der Waals surface area contributed by atoms with Crippen molar-refractivity contribution >= 4 is 29.0 Å². The molecule has 4 heteroatoms. The lowest BCUT2D eigenvalue weighted by Crippen LogP contribution is -2.19. The number of nitrogens with zero attached hydrogens (tertiary/aromatic N) is 1. The standard InChI is InChI=1S/C12H14ClNO2/c1-6(2)10-9(16)5-7(3)12(11(10)13)14-8(4)15/h5-6H,1-4H3. The van der Waals surface area contributed by atoms with Crippen molar-refractivity contribution in [2.45, 2.75) is 27.7 Å². The molecule has 0 heterocycles. The highest BCUT2D eigenvalue weighted by molar-refractivity contribution is 6.50. The predicted molar refractivity (Wildman–Crippen MR) is 64.6 cm³/mol. The van der Waals surface area contributed by atoms with Crippen LogP contribution in [0.1, 0.15) is 27.7 Å². The summed E-state index contributed by atoms with van der Waals surface area (Å²) >= 11 is 6.11. The smallest absolute Gasteiger partial charge is 0.243 e. The Morgan fingerprint density at radius 2 is 2.00 bits per heavy atom. The highest BCUT2D eigenvalue weighted by Crippen LogP contribution is 2.28. The molecule has 3 nitrogen and oxygen atoms in total. The lowest BCUT2D eigenvalue weighted by molar-refractivity contribution is -0.116. The summed E-state index contributed by atoms with van der Waals surface area (Å²) in [5.41, 5.74) is 1.57. The van der Waals surface area contributed by atoms with Gasteiger partial charge in [0.05, 0.1) is 10.7 Å². The van der Waals surface area contributed by atoms with Crippen molar-refractivity contribution in [2.24, 2.45) is 10.9 Å². The summed E-state index contributed by atoms with van der Waals surface area (Å²) in [7, 11) is 0. The molecule has 16 heavy (non-hydrogen) atoms. The Morgan fingerprint density at radius 3 is 2.44 bits per heavy atom. The number of carbonyl (C=O) groups excluding carboxylic acids is 2. The van der Waals surface area contributed by atoms with Crippen LogP contribution in [-0.2, 0) is 9.59 Å². The SMILES string of the molecule is CC(=O)N=C1C(C)=CC(=O)C(C(C)C)=C1Cl. The number of amides is 1. The van der Waals surface area contributed by atoms with Crippen molar-refractivity contribution in [1.82, 2.24) is 0 Å². The molecule has 0 radical (unpaired) electrons. The number of carbonyl (C=O) groups is 2. The van der Waals surface area contributed by atoms with Gasteiger partial charge in [-0.2, -0.15) is 0 Å². The second-order valence-corrected chi connectivity index (χ2v) is 4.43. The third kappa shape index (κ3) is 2.47. The van der Waals surface area contributed by atoms with Crippen LogP contribution >= 0.6 is 11.6 Å². The Hall–Kier alpha value is -1.22. The van der Waals surface area contributed by atoms with E-state index in [1.54, 1.807) is 6.92 Å². The van der Waals surface area contributed by atoms with Crippen LogP contribution in [0.15, 0.2) is 27.2 Å². The van der Waals surface area contributed by atoms with Gasteiger partial charge in [0.15, 0.2) is 5.78 Å². The van der Waals surface area contributed by atoms with Crippen molar-refractivity contribution in [3.63, 3.8) is 0 Å². The van der Waals surface area contributed by atoms with Crippen LogP contribution in [0.25, 0.3) is 0 Å². The molecule has 0 saturated carbocycles. The van der Waals surface area contributed by atoms with Crippen LogP contribution in [0, 0.1) is 5.92 Å². The van der Waals surface area contributed by atoms with Gasteiger partial charge in [0.1, 0.15) is 0 Å². The lowest BCUT2D eigenvalue weighted by Gasteiger charge is -2.18. The minimum Gasteiger partial charge on any atom is -0.290 e. The number of halogens is 1. The van der Waals surface area contributed by atoms with Gasteiger partial charge in [0, 0.05) is 12.5 Å². The van der Waals surface area contributed by atoms with Crippen LogP contribution in [0.5, 0.6) is 0 Å². The molecule has 0 aliphatic heterocycles. The van der Waals surface area contributed by atoms with E-state index < -0.39 is 0 Å². The largest absolute Gasteiger partial charge is 0.290 e. The molecule has 86 valence electrons. The molecular weight excluding hydrogens is 226 g/mol. The summed E-state index contributed by atoms with van der Waals surface area (Å²) in [6.07, 6.45) is 1.48. The van der Waals surface area contributed by atoms with E-state index in [1.807, 2.05) is 13.8 Å². The van der Waals surface area contributed by atoms with Gasteiger partial charge in [-0.3, -0.25) is 9.59 Å². The Kier molecular flexibility index (Phi) is 3.81. The van der Waals surface area contributed by atoms with E-state index in [-0.39, 0.29) is 17.6 Å².